The summed E-state index contributed by atoms with van der Waals surface area (Å²) in [5.41, 5.74) is 2.54. The van der Waals surface area contributed by atoms with Gasteiger partial charge in [0.15, 0.2) is 0 Å². The Labute approximate surface area is 257 Å². The van der Waals surface area contributed by atoms with Gasteiger partial charge >= 0.3 is 0 Å². The topological polar surface area (TPSA) is 77.3 Å². The maximum Gasteiger partial charge on any atom is 0.280 e. The molecule has 11 heteroatoms. The number of amides is 1. The molecule has 224 valence electrons. The molecule has 1 aliphatic heterocycles. The number of rotatable bonds is 8. The Bertz CT molecular complexity index is 1720. The second-order valence-electron chi connectivity index (χ2n) is 10.4. The van der Waals surface area contributed by atoms with E-state index in [1.54, 1.807) is 29.6 Å². The predicted molar refractivity (Wildman–Crippen MR) is 167 cm³/mol. The van der Waals surface area contributed by atoms with Gasteiger partial charge in [0.05, 0.1) is 39.8 Å². The molecule has 1 aliphatic rings. The third kappa shape index (κ3) is 6.55. The molecular formula is C32H31ClF2N4O3S. The molecule has 43 heavy (non-hydrogen) atoms. The zero-order chi connectivity index (χ0) is 30.7. The van der Waals surface area contributed by atoms with Gasteiger partial charge in [0, 0.05) is 36.3 Å². The highest BCUT2D eigenvalue weighted by Gasteiger charge is 2.27. The van der Waals surface area contributed by atoms with E-state index in [9.17, 15) is 18.4 Å². The Morgan fingerprint density at radius 2 is 1.91 bits per heavy atom. The summed E-state index contributed by atoms with van der Waals surface area (Å²) in [6, 6.07) is 9.47. The van der Waals surface area contributed by atoms with Crippen molar-refractivity contribution in [1.29, 1.82) is 0 Å². The van der Waals surface area contributed by atoms with Gasteiger partial charge < -0.3 is 9.64 Å². The molecule has 0 N–H and O–H groups in total. The van der Waals surface area contributed by atoms with Crippen LogP contribution >= 0.6 is 22.9 Å². The van der Waals surface area contributed by atoms with E-state index in [4.69, 9.17) is 16.3 Å². The Kier molecular flexibility index (Phi) is 9.37. The van der Waals surface area contributed by atoms with Gasteiger partial charge in [-0.2, -0.15) is 0 Å². The highest BCUT2D eigenvalue weighted by molar-refractivity contribution is 7.13. The second kappa shape index (κ2) is 13.2. The molecule has 5 rings (SSSR count). The van der Waals surface area contributed by atoms with E-state index >= 15 is 0 Å². The standard InChI is InChI=1S/C32H31ClF2N4O3S/c1-4-42-21-9-10-24(33)28(15-21)39-27(14-19(2)3)22(31(40)38-12-6-5-7-13-38)16-23(32(39)41)30-37-26(18-43-30)20-8-11-25(29(34)35)36-17-20/h8-11,14-18,29H,4-7,12-13H2,1-3H3. The zero-order valence-corrected chi connectivity index (χ0v) is 25.6. The van der Waals surface area contributed by atoms with Crippen molar-refractivity contribution < 1.29 is 18.3 Å². The van der Waals surface area contributed by atoms with Gasteiger partial charge in [-0.15, -0.1) is 11.3 Å². The number of hydrogen-bond donors (Lipinski definition) is 0. The lowest BCUT2D eigenvalue weighted by molar-refractivity contribution is 0.0723. The number of aromatic nitrogens is 3. The minimum Gasteiger partial charge on any atom is -0.494 e. The third-order valence-electron chi connectivity index (χ3n) is 7.05. The first kappa shape index (κ1) is 30.6. The quantitative estimate of drug-likeness (QED) is 0.198. The maximum absolute atomic E-state index is 14.4. The van der Waals surface area contributed by atoms with Crippen LogP contribution in [0.15, 0.2) is 58.3 Å². The highest BCUT2D eigenvalue weighted by atomic mass is 35.5. The van der Waals surface area contributed by atoms with Crippen LogP contribution in [-0.4, -0.2) is 45.0 Å². The summed E-state index contributed by atoms with van der Waals surface area (Å²) in [6.45, 7) is 7.34. The monoisotopic (exact) mass is 624 g/mol. The summed E-state index contributed by atoms with van der Waals surface area (Å²) >= 11 is 7.92. The van der Waals surface area contributed by atoms with Crippen LogP contribution in [0.2, 0.25) is 5.02 Å². The number of hydrogen-bond acceptors (Lipinski definition) is 6. The minimum absolute atomic E-state index is 0.178. The van der Waals surface area contributed by atoms with Crippen LogP contribution < -0.4 is 10.3 Å². The molecule has 1 saturated heterocycles. The predicted octanol–water partition coefficient (Wildman–Crippen LogP) is 8.06. The molecule has 0 spiro atoms. The molecule has 0 saturated carbocycles. The molecule has 1 amide bonds. The minimum atomic E-state index is -2.68. The molecule has 1 aromatic carbocycles. The molecule has 4 aromatic rings. The lowest BCUT2D eigenvalue weighted by Gasteiger charge is -2.28. The summed E-state index contributed by atoms with van der Waals surface area (Å²) in [7, 11) is 0. The lowest BCUT2D eigenvalue weighted by atomic mass is 10.0. The number of nitrogens with zero attached hydrogens (tertiary/aromatic N) is 4. The molecular weight excluding hydrogens is 594 g/mol. The lowest BCUT2D eigenvalue weighted by Crippen LogP contribution is -2.37. The first-order valence-electron chi connectivity index (χ1n) is 14.0. The van der Waals surface area contributed by atoms with Crippen molar-refractivity contribution in [2.45, 2.75) is 46.5 Å². The van der Waals surface area contributed by atoms with E-state index in [-0.39, 0.29) is 17.2 Å². The van der Waals surface area contributed by atoms with Crippen molar-refractivity contribution in [3.8, 4) is 33.3 Å². The van der Waals surface area contributed by atoms with Crippen molar-refractivity contribution in [1.82, 2.24) is 19.4 Å². The van der Waals surface area contributed by atoms with E-state index in [0.29, 0.717) is 63.7 Å². The van der Waals surface area contributed by atoms with Gasteiger partial charge in [0.1, 0.15) is 16.5 Å². The molecule has 0 atom stereocenters. The zero-order valence-electron chi connectivity index (χ0n) is 24.1. The average Bonchev–Trinajstić information content (AvgIpc) is 3.49. The largest absolute Gasteiger partial charge is 0.494 e. The number of alkyl halides is 2. The van der Waals surface area contributed by atoms with E-state index in [1.807, 2.05) is 31.7 Å². The number of pyridine rings is 2. The van der Waals surface area contributed by atoms with Crippen LogP contribution in [0.3, 0.4) is 0 Å². The highest BCUT2D eigenvalue weighted by Crippen LogP contribution is 2.33. The number of carbonyl (C=O) groups excluding carboxylic acids is 1. The van der Waals surface area contributed by atoms with Gasteiger partial charge in [-0.05, 0) is 76.4 Å². The van der Waals surface area contributed by atoms with Crippen molar-refractivity contribution in [2.24, 2.45) is 0 Å². The molecule has 0 bridgehead atoms. The Morgan fingerprint density at radius 3 is 2.56 bits per heavy atom. The number of thiazole rings is 1. The number of likely N-dealkylation sites (tertiary alicyclic amines) is 1. The van der Waals surface area contributed by atoms with Crippen LogP contribution in [0.1, 0.15) is 68.2 Å². The SMILES string of the molecule is CCOc1ccc(Cl)c(-n2c(C=C(C)C)c(C(=O)N3CCCCC3)cc(-c3nc(-c4ccc(C(F)F)nc4)cs3)c2=O)c1. The number of piperidine rings is 1. The van der Waals surface area contributed by atoms with Gasteiger partial charge in [0.25, 0.3) is 17.9 Å². The van der Waals surface area contributed by atoms with Crippen molar-refractivity contribution in [2.75, 3.05) is 19.7 Å². The number of halogens is 3. The van der Waals surface area contributed by atoms with Gasteiger partial charge in [-0.25, -0.2) is 13.8 Å². The Balaban J connectivity index is 1.75. The fraction of sp³-hybridized carbons (Fsp3) is 0.312. The molecule has 1 fully saturated rings. The summed E-state index contributed by atoms with van der Waals surface area (Å²) in [6.07, 6.45) is 3.35. The van der Waals surface area contributed by atoms with Gasteiger partial charge in [-0.3, -0.25) is 19.1 Å². The smallest absolute Gasteiger partial charge is 0.280 e. The number of allylic oxidation sites excluding steroid dienone is 1. The van der Waals surface area contributed by atoms with E-state index < -0.39 is 12.0 Å². The third-order valence-corrected chi connectivity index (χ3v) is 8.24. The Hall–Kier alpha value is -3.89. The summed E-state index contributed by atoms with van der Waals surface area (Å²) in [5, 5.41) is 2.42. The van der Waals surface area contributed by atoms with E-state index in [1.165, 1.54) is 34.2 Å². The van der Waals surface area contributed by atoms with Crippen LogP contribution in [0, 0.1) is 0 Å². The van der Waals surface area contributed by atoms with Crippen LogP contribution in [0.25, 0.3) is 33.6 Å². The van der Waals surface area contributed by atoms with Crippen molar-refractivity contribution in [3.63, 3.8) is 0 Å². The van der Waals surface area contributed by atoms with Gasteiger partial charge in [-0.1, -0.05) is 17.2 Å². The van der Waals surface area contributed by atoms with Gasteiger partial charge in [0.2, 0.25) is 0 Å². The summed E-state index contributed by atoms with van der Waals surface area (Å²) in [4.78, 5) is 38.8. The average molecular weight is 625 g/mol. The molecule has 4 heterocycles. The molecule has 7 nitrogen and oxygen atoms in total. The van der Waals surface area contributed by atoms with Crippen LogP contribution in [0.5, 0.6) is 5.75 Å². The Morgan fingerprint density at radius 1 is 1.14 bits per heavy atom. The van der Waals surface area contributed by atoms with Crippen molar-refractivity contribution >= 4 is 34.9 Å². The van der Waals surface area contributed by atoms with E-state index in [2.05, 4.69) is 9.97 Å². The van der Waals surface area contributed by atoms with Crippen LogP contribution in [0.4, 0.5) is 8.78 Å². The van der Waals surface area contributed by atoms with Crippen LogP contribution in [-0.2, 0) is 0 Å². The first-order valence-corrected chi connectivity index (χ1v) is 15.3. The number of carbonyl (C=O) groups is 1. The van der Waals surface area contributed by atoms with E-state index in [0.717, 1.165) is 24.8 Å². The first-order chi connectivity index (χ1) is 20.7. The molecule has 0 radical (unpaired) electrons. The molecule has 0 aliphatic carbocycles. The fourth-order valence-electron chi connectivity index (χ4n) is 5.01. The summed E-state index contributed by atoms with van der Waals surface area (Å²) < 4.78 is 33.2. The number of ether oxygens (including phenoxy) is 1. The summed E-state index contributed by atoms with van der Waals surface area (Å²) in [5.74, 6) is 0.352. The molecule has 0 unspecified atom stereocenters. The fourth-order valence-corrected chi connectivity index (χ4v) is 6.05. The maximum atomic E-state index is 14.4. The van der Waals surface area contributed by atoms with Crippen molar-refractivity contribution in [3.05, 3.63) is 85.9 Å². The molecule has 3 aromatic heterocycles. The second-order valence-corrected chi connectivity index (χ2v) is 11.7. The normalized spacial score (nSPS) is 13.3. The number of benzene rings is 1.